The zero-order valence-corrected chi connectivity index (χ0v) is 15.3. The number of anilines is 1. The standard InChI is InChI=1S/C21H24FN3O/c1-4-16(12-23)20-17(13-24-14-19(20)22)9-10-25-18-7-5-15(6-8-18)11-21(2,3)26/h4-10,12-14,23,25-26H,11H2,1-3H3/b10-9-,16-4+,23-12?. The van der Waals surface area contributed by atoms with Gasteiger partial charge in [0.1, 0.15) is 5.82 Å². The summed E-state index contributed by atoms with van der Waals surface area (Å²) in [7, 11) is 0. The van der Waals surface area contributed by atoms with E-state index in [9.17, 15) is 9.50 Å². The van der Waals surface area contributed by atoms with Crippen LogP contribution in [0.1, 0.15) is 37.5 Å². The van der Waals surface area contributed by atoms with Crippen LogP contribution in [0.4, 0.5) is 10.1 Å². The third-order valence-electron chi connectivity index (χ3n) is 3.79. The van der Waals surface area contributed by atoms with Crippen molar-refractivity contribution in [2.45, 2.75) is 32.8 Å². The molecule has 0 aliphatic rings. The summed E-state index contributed by atoms with van der Waals surface area (Å²) in [6.07, 6.45) is 9.55. The first-order chi connectivity index (χ1) is 12.3. The van der Waals surface area contributed by atoms with Crippen LogP contribution in [-0.4, -0.2) is 21.9 Å². The number of pyridine rings is 1. The fraction of sp³-hybridized carbons (Fsp3) is 0.238. The van der Waals surface area contributed by atoms with Crippen LogP contribution < -0.4 is 5.32 Å². The Balaban J connectivity index is 2.14. The SMILES string of the molecule is C/C=C(\C=N)c1c(F)cncc1/C=C\Nc1ccc(CC(C)(C)O)cc1. The maximum absolute atomic E-state index is 14.1. The van der Waals surface area contributed by atoms with Crippen molar-refractivity contribution < 1.29 is 9.50 Å². The number of halogens is 1. The molecule has 1 heterocycles. The lowest BCUT2D eigenvalue weighted by molar-refractivity contribution is 0.0810. The van der Waals surface area contributed by atoms with Crippen LogP contribution in [-0.2, 0) is 6.42 Å². The Kier molecular flexibility index (Phi) is 6.41. The normalized spacial score (nSPS) is 12.4. The molecule has 0 bridgehead atoms. The lowest BCUT2D eigenvalue weighted by atomic mass is 9.99. The number of nitrogens with zero attached hydrogens (tertiary/aromatic N) is 1. The van der Waals surface area contributed by atoms with Gasteiger partial charge >= 0.3 is 0 Å². The van der Waals surface area contributed by atoms with E-state index < -0.39 is 11.4 Å². The van der Waals surface area contributed by atoms with Gasteiger partial charge < -0.3 is 15.8 Å². The Morgan fingerprint density at radius 2 is 1.96 bits per heavy atom. The van der Waals surface area contributed by atoms with E-state index in [1.807, 2.05) is 24.3 Å². The molecule has 0 amide bonds. The second-order valence-corrected chi connectivity index (χ2v) is 6.64. The number of hydrogen-bond acceptors (Lipinski definition) is 4. The van der Waals surface area contributed by atoms with Gasteiger partial charge in [-0.3, -0.25) is 4.98 Å². The van der Waals surface area contributed by atoms with Crippen molar-refractivity contribution in [3.8, 4) is 0 Å². The summed E-state index contributed by atoms with van der Waals surface area (Å²) < 4.78 is 14.1. The molecule has 0 saturated carbocycles. The molecule has 0 radical (unpaired) electrons. The van der Waals surface area contributed by atoms with Gasteiger partial charge in [-0.25, -0.2) is 4.39 Å². The van der Waals surface area contributed by atoms with Crippen molar-refractivity contribution in [2.75, 3.05) is 5.32 Å². The van der Waals surface area contributed by atoms with Gasteiger partial charge in [0.2, 0.25) is 0 Å². The number of nitrogens with one attached hydrogen (secondary N) is 2. The minimum absolute atomic E-state index is 0.357. The Morgan fingerprint density at radius 1 is 1.27 bits per heavy atom. The highest BCUT2D eigenvalue weighted by atomic mass is 19.1. The molecule has 26 heavy (non-hydrogen) atoms. The van der Waals surface area contributed by atoms with Crippen molar-refractivity contribution in [3.63, 3.8) is 0 Å². The highest BCUT2D eigenvalue weighted by Gasteiger charge is 2.13. The summed E-state index contributed by atoms with van der Waals surface area (Å²) in [5.74, 6) is -0.459. The Labute approximate surface area is 153 Å². The number of aromatic nitrogens is 1. The van der Waals surface area contributed by atoms with Crippen molar-refractivity contribution in [2.24, 2.45) is 0 Å². The summed E-state index contributed by atoms with van der Waals surface area (Å²) in [5, 5.41) is 20.4. The molecule has 0 saturated heterocycles. The predicted octanol–water partition coefficient (Wildman–Crippen LogP) is 4.67. The molecule has 0 aliphatic heterocycles. The molecule has 3 N–H and O–H groups in total. The van der Waals surface area contributed by atoms with E-state index >= 15 is 0 Å². The third kappa shape index (κ3) is 5.36. The van der Waals surface area contributed by atoms with E-state index in [1.165, 1.54) is 0 Å². The van der Waals surface area contributed by atoms with E-state index in [1.54, 1.807) is 45.3 Å². The molecule has 0 spiro atoms. The van der Waals surface area contributed by atoms with E-state index in [0.717, 1.165) is 23.7 Å². The average Bonchev–Trinajstić information content (AvgIpc) is 2.58. The van der Waals surface area contributed by atoms with E-state index in [2.05, 4.69) is 10.3 Å². The minimum Gasteiger partial charge on any atom is -0.390 e. The highest BCUT2D eigenvalue weighted by Crippen LogP contribution is 2.22. The van der Waals surface area contributed by atoms with Gasteiger partial charge in [-0.2, -0.15) is 0 Å². The first-order valence-electron chi connectivity index (χ1n) is 8.39. The zero-order valence-electron chi connectivity index (χ0n) is 15.3. The van der Waals surface area contributed by atoms with Gasteiger partial charge in [0, 0.05) is 41.8 Å². The Bertz CT molecular complexity index is 818. The van der Waals surface area contributed by atoms with E-state index in [4.69, 9.17) is 5.41 Å². The zero-order chi connectivity index (χ0) is 19.2. The van der Waals surface area contributed by atoms with Crippen molar-refractivity contribution >= 4 is 23.6 Å². The monoisotopic (exact) mass is 353 g/mol. The van der Waals surface area contributed by atoms with Crippen LogP contribution >= 0.6 is 0 Å². The second kappa shape index (κ2) is 8.54. The lowest BCUT2D eigenvalue weighted by Crippen LogP contribution is -2.21. The van der Waals surface area contributed by atoms with Crippen LogP contribution in [0.15, 0.2) is 48.9 Å². The highest BCUT2D eigenvalue weighted by molar-refractivity contribution is 6.09. The fourth-order valence-electron chi connectivity index (χ4n) is 2.63. The smallest absolute Gasteiger partial charge is 0.149 e. The van der Waals surface area contributed by atoms with Crippen molar-refractivity contribution in [1.82, 2.24) is 4.98 Å². The summed E-state index contributed by atoms with van der Waals surface area (Å²) in [6.45, 7) is 5.32. The van der Waals surface area contributed by atoms with Crippen molar-refractivity contribution in [3.05, 3.63) is 71.4 Å². The second-order valence-electron chi connectivity index (χ2n) is 6.64. The van der Waals surface area contributed by atoms with Gasteiger partial charge in [0.25, 0.3) is 0 Å². The van der Waals surface area contributed by atoms with E-state index in [0.29, 0.717) is 23.1 Å². The first kappa shape index (κ1) is 19.5. The minimum atomic E-state index is -0.741. The third-order valence-corrected chi connectivity index (χ3v) is 3.79. The molecular formula is C21H24FN3O. The number of aliphatic hydroxyl groups is 1. The summed E-state index contributed by atoms with van der Waals surface area (Å²) in [4.78, 5) is 3.89. The summed E-state index contributed by atoms with van der Waals surface area (Å²) >= 11 is 0. The van der Waals surface area contributed by atoms with Crippen LogP contribution in [0.25, 0.3) is 11.6 Å². The first-order valence-corrected chi connectivity index (χ1v) is 8.39. The molecule has 1 aromatic heterocycles. The molecular weight excluding hydrogens is 329 g/mol. The fourth-order valence-corrected chi connectivity index (χ4v) is 2.63. The van der Waals surface area contributed by atoms with Crippen molar-refractivity contribution in [1.29, 1.82) is 5.41 Å². The molecule has 0 atom stereocenters. The van der Waals surface area contributed by atoms with Gasteiger partial charge in [-0.15, -0.1) is 0 Å². The molecule has 1 aromatic carbocycles. The predicted molar refractivity (Wildman–Crippen MR) is 106 cm³/mol. The maximum Gasteiger partial charge on any atom is 0.149 e. The quantitative estimate of drug-likeness (QED) is 0.634. The Morgan fingerprint density at radius 3 is 2.54 bits per heavy atom. The molecule has 0 aliphatic carbocycles. The van der Waals surface area contributed by atoms with Gasteiger partial charge in [0.15, 0.2) is 0 Å². The summed E-state index contributed by atoms with van der Waals surface area (Å²) in [6, 6.07) is 7.75. The molecule has 0 unspecified atom stereocenters. The topological polar surface area (TPSA) is 69.0 Å². The van der Waals surface area contributed by atoms with Crippen LogP contribution in [0.3, 0.4) is 0 Å². The largest absolute Gasteiger partial charge is 0.390 e. The Hall–Kier alpha value is -2.79. The molecule has 0 fully saturated rings. The molecule has 2 rings (SSSR count). The number of benzene rings is 1. The number of allylic oxidation sites excluding steroid dienone is 2. The van der Waals surface area contributed by atoms with Crippen LogP contribution in [0.5, 0.6) is 0 Å². The van der Waals surface area contributed by atoms with Gasteiger partial charge in [0.05, 0.1) is 11.8 Å². The van der Waals surface area contributed by atoms with Gasteiger partial charge in [-0.1, -0.05) is 18.2 Å². The average molecular weight is 353 g/mol. The molecule has 5 heteroatoms. The van der Waals surface area contributed by atoms with Crippen LogP contribution in [0, 0.1) is 11.2 Å². The van der Waals surface area contributed by atoms with E-state index in [-0.39, 0.29) is 0 Å². The van der Waals surface area contributed by atoms with Gasteiger partial charge in [-0.05, 0) is 50.1 Å². The maximum atomic E-state index is 14.1. The molecule has 136 valence electrons. The molecule has 4 nitrogen and oxygen atoms in total. The number of rotatable bonds is 7. The number of hydrogen-bond donors (Lipinski definition) is 3. The molecule has 2 aromatic rings. The lowest BCUT2D eigenvalue weighted by Gasteiger charge is -2.17. The summed E-state index contributed by atoms with van der Waals surface area (Å²) in [5.41, 5.74) is 2.64. The van der Waals surface area contributed by atoms with Crippen LogP contribution in [0.2, 0.25) is 0 Å².